The molecular weight excluding hydrogens is 503 g/mol. The maximum absolute atomic E-state index is 11.0. The molecule has 37 heavy (non-hydrogen) atoms. The predicted molar refractivity (Wildman–Crippen MR) is 153 cm³/mol. The summed E-state index contributed by atoms with van der Waals surface area (Å²) in [4.78, 5) is 25.4. The molecule has 0 amide bonds. The lowest BCUT2D eigenvalue weighted by Crippen LogP contribution is -2.52. The predicted octanol–water partition coefficient (Wildman–Crippen LogP) is 6.46. The number of piperazine rings is 1. The molecule has 1 unspecified atom stereocenters. The number of aliphatic imine (C=N–C) groups is 1. The minimum atomic E-state index is 0.427. The molecule has 1 saturated carbocycles. The third kappa shape index (κ3) is 4.93. The lowest BCUT2D eigenvalue weighted by Gasteiger charge is -2.41. The number of fused-ring (bicyclic) bond motifs is 1. The maximum Gasteiger partial charge on any atom is 0.168 e. The van der Waals surface area contributed by atoms with Crippen LogP contribution in [0.15, 0.2) is 64.7 Å². The number of benzene rings is 2. The fourth-order valence-corrected chi connectivity index (χ4v) is 6.33. The maximum atomic E-state index is 11.0. The zero-order chi connectivity index (χ0) is 25.5. The lowest BCUT2D eigenvalue weighted by molar-refractivity contribution is 0.111. The summed E-state index contributed by atoms with van der Waals surface area (Å²) in [6.45, 7) is 7.05. The second kappa shape index (κ2) is 10.2. The van der Waals surface area contributed by atoms with Crippen LogP contribution < -0.4 is 4.90 Å². The van der Waals surface area contributed by atoms with Gasteiger partial charge in [-0.05, 0) is 79.6 Å². The van der Waals surface area contributed by atoms with Crippen molar-refractivity contribution < 1.29 is 4.79 Å². The zero-order valence-corrected chi connectivity index (χ0v) is 22.5. The second-order valence-corrected chi connectivity index (χ2v) is 11.2. The second-order valence-electron chi connectivity index (χ2n) is 10.4. The molecule has 190 valence electrons. The van der Waals surface area contributed by atoms with Gasteiger partial charge in [0.2, 0.25) is 0 Å². The van der Waals surface area contributed by atoms with Gasteiger partial charge in [0.1, 0.15) is 5.69 Å². The van der Waals surface area contributed by atoms with E-state index >= 15 is 0 Å². The van der Waals surface area contributed by atoms with E-state index in [9.17, 15) is 4.79 Å². The third-order valence-corrected chi connectivity index (χ3v) is 8.57. The number of pyridine rings is 1. The van der Waals surface area contributed by atoms with Crippen LogP contribution in [0, 0.1) is 5.92 Å². The number of aldehydes is 1. The van der Waals surface area contributed by atoms with Gasteiger partial charge in [0.25, 0.3) is 0 Å². The first-order valence-corrected chi connectivity index (χ1v) is 13.8. The average molecular weight is 534 g/mol. The van der Waals surface area contributed by atoms with E-state index in [1.165, 1.54) is 29.7 Å². The summed E-state index contributed by atoms with van der Waals surface area (Å²) in [5.74, 6) is 0.678. The van der Waals surface area contributed by atoms with Crippen LogP contribution in [0.1, 0.15) is 42.2 Å². The van der Waals surface area contributed by atoms with Crippen molar-refractivity contribution in [2.45, 2.75) is 32.2 Å². The Balaban J connectivity index is 1.15. The van der Waals surface area contributed by atoms with Crippen molar-refractivity contribution in [1.82, 2.24) is 9.88 Å². The highest BCUT2D eigenvalue weighted by Crippen LogP contribution is 2.43. The van der Waals surface area contributed by atoms with Crippen LogP contribution in [-0.2, 0) is 0 Å². The van der Waals surface area contributed by atoms with Crippen LogP contribution in [0.2, 0.25) is 10.0 Å². The van der Waals surface area contributed by atoms with Gasteiger partial charge in [-0.3, -0.25) is 14.7 Å². The molecule has 3 aromatic rings. The van der Waals surface area contributed by atoms with Crippen molar-refractivity contribution >= 4 is 51.8 Å². The van der Waals surface area contributed by atoms with Gasteiger partial charge in [0.05, 0.1) is 27.8 Å². The molecule has 0 radical (unpaired) electrons. The van der Waals surface area contributed by atoms with Gasteiger partial charge in [-0.1, -0.05) is 35.3 Å². The number of nitrogens with zero attached hydrogens (tertiary/aromatic N) is 4. The molecule has 6 rings (SSSR count). The normalized spacial score (nSPS) is 20.6. The average Bonchev–Trinajstić information content (AvgIpc) is 3.67. The van der Waals surface area contributed by atoms with E-state index in [0.29, 0.717) is 27.7 Å². The first-order valence-electron chi connectivity index (χ1n) is 13.1. The van der Waals surface area contributed by atoms with Crippen LogP contribution >= 0.6 is 23.2 Å². The zero-order valence-electron chi connectivity index (χ0n) is 21.0. The monoisotopic (exact) mass is 532 g/mol. The molecule has 1 aromatic heterocycles. The van der Waals surface area contributed by atoms with Gasteiger partial charge in [-0.15, -0.1) is 0 Å². The largest absolute Gasteiger partial charge is 0.369 e. The van der Waals surface area contributed by atoms with E-state index in [-0.39, 0.29) is 0 Å². The van der Waals surface area contributed by atoms with Crippen molar-refractivity contribution in [3.63, 3.8) is 0 Å². The highest BCUT2D eigenvalue weighted by molar-refractivity contribution is 6.41. The minimum absolute atomic E-state index is 0.427. The number of aromatic nitrogens is 1. The first kappa shape index (κ1) is 24.6. The van der Waals surface area contributed by atoms with E-state index in [1.54, 1.807) is 6.07 Å². The Bertz CT molecular complexity index is 1410. The Hall–Kier alpha value is -2.73. The molecule has 1 aliphatic carbocycles. The summed E-state index contributed by atoms with van der Waals surface area (Å²) >= 11 is 13.2. The molecule has 1 atom stereocenters. The molecule has 3 heterocycles. The van der Waals surface area contributed by atoms with E-state index in [1.807, 2.05) is 30.3 Å². The number of hydrogen-bond acceptors (Lipinski definition) is 5. The van der Waals surface area contributed by atoms with E-state index in [2.05, 4.69) is 33.8 Å². The van der Waals surface area contributed by atoms with Gasteiger partial charge in [0.15, 0.2) is 6.29 Å². The molecular formula is C30H30Cl2N4O. The van der Waals surface area contributed by atoms with Crippen molar-refractivity contribution in [2.75, 3.05) is 37.6 Å². The molecule has 5 nitrogen and oxygen atoms in total. The number of carbonyl (C=O) groups is 1. The molecule has 2 aromatic carbocycles. The fraction of sp³-hybridized carbons (Fsp3) is 0.367. The van der Waals surface area contributed by atoms with Gasteiger partial charge >= 0.3 is 0 Å². The molecule has 2 fully saturated rings. The number of halogens is 2. The molecule has 1 saturated heterocycles. The van der Waals surface area contributed by atoms with Gasteiger partial charge < -0.3 is 4.90 Å². The standard InChI is InChI=1S/C30H30Cl2N4O/c1-19-17-36(23-9-10-28-21(15-23)7-8-22(18-37)34-28)14-13-35(19)12-11-24-25(20-5-6-20)16-33-30(24)29-26(31)3-2-4-27(29)32/h2-4,7-10,15,18-20H,5-6,11-14,16-17H2,1H3. The van der Waals surface area contributed by atoms with Gasteiger partial charge in [-0.2, -0.15) is 0 Å². The Labute approximate surface area is 227 Å². The van der Waals surface area contributed by atoms with Crippen molar-refractivity contribution in [1.29, 1.82) is 0 Å². The Morgan fingerprint density at radius 3 is 2.59 bits per heavy atom. The smallest absolute Gasteiger partial charge is 0.168 e. The van der Waals surface area contributed by atoms with Crippen LogP contribution in [0.4, 0.5) is 5.69 Å². The Kier molecular flexibility index (Phi) is 6.78. The summed E-state index contributed by atoms with van der Waals surface area (Å²) in [5, 5.41) is 2.41. The Morgan fingerprint density at radius 1 is 1.05 bits per heavy atom. The van der Waals surface area contributed by atoms with Crippen molar-refractivity contribution in [2.24, 2.45) is 10.9 Å². The summed E-state index contributed by atoms with van der Waals surface area (Å²) in [7, 11) is 0. The molecule has 0 spiro atoms. The first-order chi connectivity index (χ1) is 18.0. The number of rotatable bonds is 7. The van der Waals surface area contributed by atoms with E-state index in [0.717, 1.165) is 67.6 Å². The summed E-state index contributed by atoms with van der Waals surface area (Å²) in [6, 6.07) is 16.2. The van der Waals surface area contributed by atoms with Crippen LogP contribution in [-0.4, -0.2) is 60.6 Å². The highest BCUT2D eigenvalue weighted by atomic mass is 35.5. The molecule has 3 aliphatic rings. The quantitative estimate of drug-likeness (QED) is 0.327. The number of anilines is 1. The fourth-order valence-electron chi connectivity index (χ4n) is 5.76. The van der Waals surface area contributed by atoms with Crippen LogP contribution in [0.25, 0.3) is 10.9 Å². The number of carbonyl (C=O) groups excluding carboxylic acids is 1. The van der Waals surface area contributed by atoms with Crippen LogP contribution in [0.5, 0.6) is 0 Å². The molecule has 2 aliphatic heterocycles. The Morgan fingerprint density at radius 2 is 1.86 bits per heavy atom. The van der Waals surface area contributed by atoms with E-state index in [4.69, 9.17) is 28.2 Å². The van der Waals surface area contributed by atoms with Crippen molar-refractivity contribution in [3.05, 3.63) is 81.0 Å². The SMILES string of the molecule is CC1CN(c2ccc3nc(C=O)ccc3c2)CCN1CCC1=C(C2CC2)CN=C1c1c(Cl)cccc1Cl. The summed E-state index contributed by atoms with van der Waals surface area (Å²) in [6.07, 6.45) is 4.30. The summed E-state index contributed by atoms with van der Waals surface area (Å²) < 4.78 is 0. The summed E-state index contributed by atoms with van der Waals surface area (Å²) in [5.41, 5.74) is 7.29. The minimum Gasteiger partial charge on any atom is -0.369 e. The van der Waals surface area contributed by atoms with Crippen LogP contribution in [0.3, 0.4) is 0 Å². The molecule has 0 bridgehead atoms. The number of hydrogen-bond donors (Lipinski definition) is 0. The molecule has 7 heteroatoms. The van der Waals surface area contributed by atoms with Gasteiger partial charge in [-0.25, -0.2) is 4.98 Å². The third-order valence-electron chi connectivity index (χ3n) is 7.95. The van der Waals surface area contributed by atoms with E-state index < -0.39 is 0 Å². The topological polar surface area (TPSA) is 48.8 Å². The van der Waals surface area contributed by atoms with Gasteiger partial charge in [0, 0.05) is 48.9 Å². The van der Waals surface area contributed by atoms with Crippen molar-refractivity contribution in [3.8, 4) is 0 Å². The highest BCUT2D eigenvalue weighted by Gasteiger charge is 2.34. The molecule has 0 N–H and O–H groups in total. The lowest BCUT2D eigenvalue weighted by atomic mass is 9.94.